The minimum absolute atomic E-state index is 0.336. The van der Waals surface area contributed by atoms with Crippen LogP contribution in [0.2, 0.25) is 0 Å². The van der Waals surface area contributed by atoms with Crippen molar-refractivity contribution < 1.29 is 9.90 Å². The van der Waals surface area contributed by atoms with Crippen LogP contribution in [-0.2, 0) is 0 Å². The molecule has 0 spiro atoms. The summed E-state index contributed by atoms with van der Waals surface area (Å²) in [5.74, 6) is -0.109. The number of pyridine rings is 1. The van der Waals surface area contributed by atoms with E-state index in [0.29, 0.717) is 17.0 Å². The van der Waals surface area contributed by atoms with Crippen molar-refractivity contribution in [3.8, 4) is 0 Å². The predicted molar refractivity (Wildman–Crippen MR) is 79.4 cm³/mol. The van der Waals surface area contributed by atoms with Gasteiger partial charge in [-0.1, -0.05) is 18.2 Å². The number of carboxylic acids is 1. The highest BCUT2D eigenvalue weighted by atomic mass is 16.4. The van der Waals surface area contributed by atoms with E-state index in [9.17, 15) is 9.90 Å². The number of carboxylic acid groups (broad SMARTS) is 1. The monoisotopic (exact) mass is 270 g/mol. The fourth-order valence-electron chi connectivity index (χ4n) is 2.92. The molecule has 4 heteroatoms. The lowest BCUT2D eigenvalue weighted by Gasteiger charge is -2.34. The van der Waals surface area contributed by atoms with Crippen molar-refractivity contribution >= 4 is 22.7 Å². The summed E-state index contributed by atoms with van der Waals surface area (Å²) >= 11 is 0. The summed E-state index contributed by atoms with van der Waals surface area (Å²) in [6, 6.07) is 9.56. The van der Waals surface area contributed by atoms with Gasteiger partial charge >= 0.3 is 5.97 Å². The highest BCUT2D eigenvalue weighted by molar-refractivity contribution is 6.03. The molecule has 0 saturated carbocycles. The number of rotatable bonds is 2. The molecule has 1 aliphatic heterocycles. The van der Waals surface area contributed by atoms with Crippen molar-refractivity contribution in [1.29, 1.82) is 0 Å². The van der Waals surface area contributed by atoms with Crippen LogP contribution in [0.1, 0.15) is 36.5 Å². The number of benzene rings is 1. The van der Waals surface area contributed by atoms with Gasteiger partial charge in [-0.3, -0.25) is 0 Å². The van der Waals surface area contributed by atoms with Crippen molar-refractivity contribution in [2.45, 2.75) is 32.2 Å². The SMILES string of the molecule is CC1CCCCN1c1cc(C(=O)O)c2ccccc2n1. The second-order valence-corrected chi connectivity index (χ2v) is 5.39. The van der Waals surface area contributed by atoms with Crippen LogP contribution in [0.25, 0.3) is 10.9 Å². The Hall–Kier alpha value is -2.10. The lowest BCUT2D eigenvalue weighted by Crippen LogP contribution is -2.38. The van der Waals surface area contributed by atoms with Crippen LogP contribution in [-0.4, -0.2) is 28.6 Å². The summed E-state index contributed by atoms with van der Waals surface area (Å²) in [6.07, 6.45) is 3.51. The van der Waals surface area contributed by atoms with Crippen LogP contribution in [0.5, 0.6) is 0 Å². The lowest BCUT2D eigenvalue weighted by molar-refractivity contribution is 0.0699. The van der Waals surface area contributed by atoms with E-state index >= 15 is 0 Å². The molecule has 1 aromatic carbocycles. The highest BCUT2D eigenvalue weighted by Gasteiger charge is 2.21. The molecule has 1 N–H and O–H groups in total. The van der Waals surface area contributed by atoms with Gasteiger partial charge in [0.1, 0.15) is 5.82 Å². The first-order valence-corrected chi connectivity index (χ1v) is 7.06. The maximum Gasteiger partial charge on any atom is 0.336 e. The van der Waals surface area contributed by atoms with Crippen LogP contribution in [0.15, 0.2) is 30.3 Å². The number of para-hydroxylation sites is 1. The predicted octanol–water partition coefficient (Wildman–Crippen LogP) is 3.31. The Bertz CT molecular complexity index is 654. The molecule has 1 fully saturated rings. The Morgan fingerprint density at radius 2 is 2.15 bits per heavy atom. The molecule has 0 amide bonds. The van der Waals surface area contributed by atoms with Crippen molar-refractivity contribution in [1.82, 2.24) is 4.98 Å². The minimum Gasteiger partial charge on any atom is -0.478 e. The highest BCUT2D eigenvalue weighted by Crippen LogP contribution is 2.27. The van der Waals surface area contributed by atoms with Crippen LogP contribution in [0, 0.1) is 0 Å². The molecule has 0 bridgehead atoms. The van der Waals surface area contributed by atoms with Crippen LogP contribution >= 0.6 is 0 Å². The quantitative estimate of drug-likeness (QED) is 0.909. The first-order valence-electron chi connectivity index (χ1n) is 7.06. The van der Waals surface area contributed by atoms with Gasteiger partial charge < -0.3 is 10.0 Å². The van der Waals surface area contributed by atoms with E-state index in [1.165, 1.54) is 6.42 Å². The van der Waals surface area contributed by atoms with E-state index in [2.05, 4.69) is 16.8 Å². The zero-order chi connectivity index (χ0) is 14.1. The molecule has 1 aliphatic rings. The fourth-order valence-corrected chi connectivity index (χ4v) is 2.92. The summed E-state index contributed by atoms with van der Waals surface area (Å²) in [5.41, 5.74) is 1.09. The first-order chi connectivity index (χ1) is 9.66. The molecule has 2 heterocycles. The number of nitrogens with zero attached hydrogens (tertiary/aromatic N) is 2. The third-order valence-corrected chi connectivity index (χ3v) is 4.03. The van der Waals surface area contributed by atoms with E-state index in [1.807, 2.05) is 24.3 Å². The summed E-state index contributed by atoms with van der Waals surface area (Å²) in [5, 5.41) is 10.1. The standard InChI is InChI=1S/C16H18N2O2/c1-11-6-4-5-9-18(11)15-10-13(16(19)20)12-7-2-3-8-14(12)17-15/h2-3,7-8,10-11H,4-6,9H2,1H3,(H,19,20). The van der Waals surface area contributed by atoms with E-state index in [4.69, 9.17) is 0 Å². The third-order valence-electron chi connectivity index (χ3n) is 4.03. The van der Waals surface area contributed by atoms with E-state index < -0.39 is 5.97 Å². The molecule has 3 rings (SSSR count). The van der Waals surface area contributed by atoms with Gasteiger partial charge in [-0.15, -0.1) is 0 Å². The largest absolute Gasteiger partial charge is 0.478 e. The van der Waals surface area contributed by atoms with Crippen LogP contribution < -0.4 is 4.90 Å². The number of anilines is 1. The van der Waals surface area contributed by atoms with E-state index in [-0.39, 0.29) is 0 Å². The Kier molecular flexibility index (Phi) is 3.30. The topological polar surface area (TPSA) is 53.4 Å². The first kappa shape index (κ1) is 12.9. The van der Waals surface area contributed by atoms with Crippen molar-refractivity contribution in [2.24, 2.45) is 0 Å². The molecule has 1 aromatic heterocycles. The second-order valence-electron chi connectivity index (χ2n) is 5.39. The Balaban J connectivity index is 2.14. The third kappa shape index (κ3) is 2.22. The zero-order valence-corrected chi connectivity index (χ0v) is 11.5. The molecule has 2 aromatic rings. The van der Waals surface area contributed by atoms with Gasteiger partial charge in [0.15, 0.2) is 0 Å². The van der Waals surface area contributed by atoms with Crippen LogP contribution in [0.4, 0.5) is 5.82 Å². The number of piperidine rings is 1. The summed E-state index contributed by atoms with van der Waals surface area (Å²) in [4.78, 5) is 18.4. The maximum absolute atomic E-state index is 11.5. The van der Waals surface area contributed by atoms with E-state index in [1.54, 1.807) is 6.07 Å². The second kappa shape index (κ2) is 5.12. The van der Waals surface area contributed by atoms with E-state index in [0.717, 1.165) is 30.7 Å². The number of hydrogen-bond acceptors (Lipinski definition) is 3. The van der Waals surface area contributed by atoms with Gasteiger partial charge in [-0.05, 0) is 38.3 Å². The van der Waals surface area contributed by atoms with Gasteiger partial charge in [0.05, 0.1) is 11.1 Å². The van der Waals surface area contributed by atoms with Gasteiger partial charge in [0.2, 0.25) is 0 Å². The number of fused-ring (bicyclic) bond motifs is 1. The number of carbonyl (C=O) groups is 1. The average molecular weight is 270 g/mol. The molecular weight excluding hydrogens is 252 g/mol. The normalized spacial score (nSPS) is 19.2. The van der Waals surface area contributed by atoms with Gasteiger partial charge in [-0.25, -0.2) is 9.78 Å². The fraction of sp³-hybridized carbons (Fsp3) is 0.375. The van der Waals surface area contributed by atoms with Crippen LogP contribution in [0.3, 0.4) is 0 Å². The molecule has 1 unspecified atom stereocenters. The molecule has 104 valence electrons. The molecule has 1 saturated heterocycles. The smallest absolute Gasteiger partial charge is 0.336 e. The van der Waals surface area contributed by atoms with Crippen molar-refractivity contribution in [2.75, 3.05) is 11.4 Å². The van der Waals surface area contributed by atoms with Gasteiger partial charge in [0, 0.05) is 18.0 Å². The maximum atomic E-state index is 11.5. The Morgan fingerprint density at radius 3 is 2.90 bits per heavy atom. The Labute approximate surface area is 118 Å². The molecule has 0 aliphatic carbocycles. The summed E-state index contributed by atoms with van der Waals surface area (Å²) in [7, 11) is 0. The lowest BCUT2D eigenvalue weighted by atomic mass is 10.0. The Morgan fingerprint density at radius 1 is 1.35 bits per heavy atom. The molecule has 4 nitrogen and oxygen atoms in total. The summed E-state index contributed by atoms with van der Waals surface area (Å²) in [6.45, 7) is 3.13. The van der Waals surface area contributed by atoms with Crippen molar-refractivity contribution in [3.05, 3.63) is 35.9 Å². The minimum atomic E-state index is -0.894. The summed E-state index contributed by atoms with van der Waals surface area (Å²) < 4.78 is 0. The number of aromatic nitrogens is 1. The zero-order valence-electron chi connectivity index (χ0n) is 11.5. The molecule has 20 heavy (non-hydrogen) atoms. The van der Waals surface area contributed by atoms with Crippen molar-refractivity contribution in [3.63, 3.8) is 0 Å². The average Bonchev–Trinajstić information content (AvgIpc) is 2.46. The number of aromatic carboxylic acids is 1. The van der Waals surface area contributed by atoms with Gasteiger partial charge in [-0.2, -0.15) is 0 Å². The molecule has 1 atom stereocenters. The molecule has 0 radical (unpaired) electrons. The van der Waals surface area contributed by atoms with Gasteiger partial charge in [0.25, 0.3) is 0 Å². The molecular formula is C16H18N2O2. The number of hydrogen-bond donors (Lipinski definition) is 1.